The van der Waals surface area contributed by atoms with Crippen molar-refractivity contribution >= 4 is 0 Å². The summed E-state index contributed by atoms with van der Waals surface area (Å²) >= 11 is 0. The fourth-order valence-electron chi connectivity index (χ4n) is 1.47. The predicted octanol–water partition coefficient (Wildman–Crippen LogP) is 1.18. The highest BCUT2D eigenvalue weighted by Crippen LogP contribution is 2.13. The van der Waals surface area contributed by atoms with Gasteiger partial charge in [-0.1, -0.05) is 12.1 Å². The van der Waals surface area contributed by atoms with E-state index in [-0.39, 0.29) is 0 Å². The van der Waals surface area contributed by atoms with Crippen molar-refractivity contribution in [1.29, 1.82) is 0 Å². The predicted molar refractivity (Wildman–Crippen MR) is 63.2 cm³/mol. The Morgan fingerprint density at radius 2 is 2.20 bits per heavy atom. The van der Waals surface area contributed by atoms with Crippen LogP contribution < -0.4 is 15.8 Å². The third-order valence-corrected chi connectivity index (χ3v) is 2.27. The van der Waals surface area contributed by atoms with Gasteiger partial charge in [-0.05, 0) is 37.1 Å². The molecule has 15 heavy (non-hydrogen) atoms. The minimum atomic E-state index is 0.707. The summed E-state index contributed by atoms with van der Waals surface area (Å²) in [5.74, 6) is 0.933. The maximum absolute atomic E-state index is 5.38. The first-order valence-corrected chi connectivity index (χ1v) is 5.40. The van der Waals surface area contributed by atoms with Crippen LogP contribution in [0.1, 0.15) is 12.0 Å². The molecule has 84 valence electrons. The Kier molecular flexibility index (Phi) is 5.81. The van der Waals surface area contributed by atoms with E-state index in [1.54, 1.807) is 7.11 Å². The number of hydrogen-bond acceptors (Lipinski definition) is 3. The lowest BCUT2D eigenvalue weighted by molar-refractivity contribution is 0.414. The first-order valence-electron chi connectivity index (χ1n) is 5.40. The first kappa shape index (κ1) is 12.0. The van der Waals surface area contributed by atoms with E-state index in [2.05, 4.69) is 17.4 Å². The standard InChI is InChI=1S/C12H20N2O/c1-15-12-6-2-4-11(10-12)5-3-8-14-9-7-13/h2,4,6,10,14H,3,5,7-9,13H2,1H3. The third kappa shape index (κ3) is 4.81. The lowest BCUT2D eigenvalue weighted by atomic mass is 10.1. The molecule has 0 unspecified atom stereocenters. The molecule has 0 spiro atoms. The highest BCUT2D eigenvalue weighted by molar-refractivity contribution is 5.28. The van der Waals surface area contributed by atoms with Crippen molar-refractivity contribution in [3.8, 4) is 5.75 Å². The fourth-order valence-corrected chi connectivity index (χ4v) is 1.47. The summed E-state index contributed by atoms with van der Waals surface area (Å²) in [5, 5.41) is 3.28. The second-order valence-electron chi connectivity index (χ2n) is 3.49. The molecule has 3 N–H and O–H groups in total. The van der Waals surface area contributed by atoms with Crippen LogP contribution in [-0.2, 0) is 6.42 Å². The Morgan fingerprint density at radius 3 is 2.93 bits per heavy atom. The maximum atomic E-state index is 5.38. The Labute approximate surface area is 91.6 Å². The summed E-state index contributed by atoms with van der Waals surface area (Å²) in [4.78, 5) is 0. The van der Waals surface area contributed by atoms with Crippen LogP contribution >= 0.6 is 0 Å². The molecule has 0 radical (unpaired) electrons. The summed E-state index contributed by atoms with van der Waals surface area (Å²) in [6, 6.07) is 8.21. The van der Waals surface area contributed by atoms with Gasteiger partial charge in [-0.15, -0.1) is 0 Å². The summed E-state index contributed by atoms with van der Waals surface area (Å²) in [5.41, 5.74) is 6.70. The first-order chi connectivity index (χ1) is 7.36. The SMILES string of the molecule is COc1cccc(CCCNCCN)c1. The molecule has 0 aliphatic rings. The van der Waals surface area contributed by atoms with E-state index in [4.69, 9.17) is 10.5 Å². The zero-order valence-electron chi connectivity index (χ0n) is 9.33. The van der Waals surface area contributed by atoms with Gasteiger partial charge in [0.1, 0.15) is 5.75 Å². The zero-order chi connectivity index (χ0) is 10.9. The smallest absolute Gasteiger partial charge is 0.119 e. The Bertz CT molecular complexity index is 276. The van der Waals surface area contributed by atoms with Gasteiger partial charge in [0.2, 0.25) is 0 Å². The van der Waals surface area contributed by atoms with Crippen LogP contribution in [-0.4, -0.2) is 26.7 Å². The van der Waals surface area contributed by atoms with Crippen molar-refractivity contribution in [3.05, 3.63) is 29.8 Å². The molecule has 0 atom stereocenters. The van der Waals surface area contributed by atoms with E-state index in [0.717, 1.165) is 31.7 Å². The van der Waals surface area contributed by atoms with Crippen LogP contribution in [0.2, 0.25) is 0 Å². The van der Waals surface area contributed by atoms with Gasteiger partial charge < -0.3 is 15.8 Å². The maximum Gasteiger partial charge on any atom is 0.119 e. The van der Waals surface area contributed by atoms with Gasteiger partial charge in [-0.25, -0.2) is 0 Å². The Hall–Kier alpha value is -1.06. The van der Waals surface area contributed by atoms with Crippen molar-refractivity contribution in [2.24, 2.45) is 5.73 Å². The molecule has 3 nitrogen and oxygen atoms in total. The number of rotatable bonds is 7. The normalized spacial score (nSPS) is 10.3. The minimum Gasteiger partial charge on any atom is -0.497 e. The van der Waals surface area contributed by atoms with E-state index in [0.29, 0.717) is 6.54 Å². The molecule has 1 aromatic rings. The molecule has 1 rings (SSSR count). The molecule has 0 aliphatic carbocycles. The Morgan fingerprint density at radius 1 is 1.33 bits per heavy atom. The molecule has 0 amide bonds. The van der Waals surface area contributed by atoms with Gasteiger partial charge in [-0.2, -0.15) is 0 Å². The van der Waals surface area contributed by atoms with Crippen LogP contribution in [0.4, 0.5) is 0 Å². The number of hydrogen-bond donors (Lipinski definition) is 2. The highest BCUT2D eigenvalue weighted by atomic mass is 16.5. The van der Waals surface area contributed by atoms with E-state index in [1.807, 2.05) is 12.1 Å². The molecule has 0 saturated heterocycles. The lowest BCUT2D eigenvalue weighted by Crippen LogP contribution is -2.23. The molecule has 0 bridgehead atoms. The summed E-state index contributed by atoms with van der Waals surface area (Å²) in [6.45, 7) is 2.63. The largest absolute Gasteiger partial charge is 0.497 e. The van der Waals surface area contributed by atoms with E-state index in [9.17, 15) is 0 Å². The lowest BCUT2D eigenvalue weighted by Gasteiger charge is -2.05. The summed E-state index contributed by atoms with van der Waals surface area (Å²) in [7, 11) is 1.70. The van der Waals surface area contributed by atoms with Gasteiger partial charge >= 0.3 is 0 Å². The van der Waals surface area contributed by atoms with E-state index in [1.165, 1.54) is 5.56 Å². The van der Waals surface area contributed by atoms with Crippen LogP contribution in [0, 0.1) is 0 Å². The number of benzene rings is 1. The minimum absolute atomic E-state index is 0.707. The topological polar surface area (TPSA) is 47.3 Å². The Balaban J connectivity index is 2.24. The molecule has 0 aliphatic heterocycles. The molecular weight excluding hydrogens is 188 g/mol. The average Bonchev–Trinajstić information content (AvgIpc) is 2.29. The van der Waals surface area contributed by atoms with Crippen molar-refractivity contribution in [3.63, 3.8) is 0 Å². The molecule has 0 fully saturated rings. The molecular formula is C12H20N2O. The molecule has 0 saturated carbocycles. The second kappa shape index (κ2) is 7.26. The monoisotopic (exact) mass is 208 g/mol. The molecule has 1 aromatic carbocycles. The van der Waals surface area contributed by atoms with Crippen molar-refractivity contribution in [2.45, 2.75) is 12.8 Å². The van der Waals surface area contributed by atoms with Crippen LogP contribution in [0.15, 0.2) is 24.3 Å². The van der Waals surface area contributed by atoms with Gasteiger partial charge in [-0.3, -0.25) is 0 Å². The van der Waals surface area contributed by atoms with Crippen molar-refractivity contribution in [1.82, 2.24) is 5.32 Å². The molecule has 3 heteroatoms. The average molecular weight is 208 g/mol. The van der Waals surface area contributed by atoms with Crippen LogP contribution in [0.5, 0.6) is 5.75 Å². The third-order valence-electron chi connectivity index (χ3n) is 2.27. The van der Waals surface area contributed by atoms with Crippen molar-refractivity contribution in [2.75, 3.05) is 26.7 Å². The van der Waals surface area contributed by atoms with Gasteiger partial charge in [0.25, 0.3) is 0 Å². The zero-order valence-corrected chi connectivity index (χ0v) is 9.33. The number of nitrogens with one attached hydrogen (secondary N) is 1. The van der Waals surface area contributed by atoms with E-state index >= 15 is 0 Å². The fraction of sp³-hybridized carbons (Fsp3) is 0.500. The summed E-state index contributed by atoms with van der Waals surface area (Å²) in [6.07, 6.45) is 2.21. The number of methoxy groups -OCH3 is 1. The molecule has 0 heterocycles. The van der Waals surface area contributed by atoms with Gasteiger partial charge in [0, 0.05) is 13.1 Å². The van der Waals surface area contributed by atoms with Crippen LogP contribution in [0.3, 0.4) is 0 Å². The summed E-state index contributed by atoms with van der Waals surface area (Å²) < 4.78 is 5.17. The van der Waals surface area contributed by atoms with Crippen molar-refractivity contribution < 1.29 is 4.74 Å². The number of aryl methyl sites for hydroxylation is 1. The van der Waals surface area contributed by atoms with Gasteiger partial charge in [0.05, 0.1) is 7.11 Å². The number of nitrogens with two attached hydrogens (primary N) is 1. The van der Waals surface area contributed by atoms with E-state index < -0.39 is 0 Å². The second-order valence-corrected chi connectivity index (χ2v) is 3.49. The van der Waals surface area contributed by atoms with Gasteiger partial charge in [0.15, 0.2) is 0 Å². The molecule has 0 aromatic heterocycles. The number of ether oxygens (including phenoxy) is 1. The van der Waals surface area contributed by atoms with Crippen LogP contribution in [0.25, 0.3) is 0 Å². The quantitative estimate of drug-likeness (QED) is 0.661. The highest BCUT2D eigenvalue weighted by Gasteiger charge is 1.95.